The van der Waals surface area contributed by atoms with Crippen molar-refractivity contribution in [2.75, 3.05) is 6.61 Å². The molecule has 5 atom stereocenters. The molecule has 1 heterocycles. The fraction of sp³-hybridized carbons (Fsp3) is 0.432. The molecule has 1 N–H and O–H groups in total. The number of hydrogen-bond donors (Lipinski definition) is 1. The number of rotatable bonds is 13. The zero-order chi connectivity index (χ0) is 36.6. The highest BCUT2D eigenvalue weighted by Gasteiger charge is 2.55. The molecule has 1 amide bonds. The van der Waals surface area contributed by atoms with Gasteiger partial charge in [0, 0.05) is 4.90 Å². The average molecular weight is 732 g/mol. The summed E-state index contributed by atoms with van der Waals surface area (Å²) in [5.41, 5.74) is -0.471. The third kappa shape index (κ3) is 9.36. The molecule has 4 rings (SSSR count). The Morgan fingerprint density at radius 3 is 1.62 bits per heavy atom. The van der Waals surface area contributed by atoms with Crippen molar-refractivity contribution in [3.8, 4) is 0 Å². The van der Waals surface area contributed by atoms with Crippen molar-refractivity contribution < 1.29 is 46.2 Å². The SMILES string of the molecule is CC(C)[Si](OC[C@H]1O[C@@H](Sc2ccccc2)[C@H](NC(=O)C(F)(F)F)[C@@H](OC(=O)c2ccccc2)[C@@H]1OC(=O)c1ccccc1)(C(C)C)C(C)C. The van der Waals surface area contributed by atoms with E-state index in [1.54, 1.807) is 66.7 Å². The highest BCUT2D eigenvalue weighted by molar-refractivity contribution is 7.99. The van der Waals surface area contributed by atoms with Crippen LogP contribution in [0.15, 0.2) is 95.9 Å². The van der Waals surface area contributed by atoms with E-state index in [1.165, 1.54) is 24.3 Å². The highest BCUT2D eigenvalue weighted by Crippen LogP contribution is 2.44. The first-order valence-electron chi connectivity index (χ1n) is 16.6. The number of esters is 2. The second-order valence-corrected chi connectivity index (χ2v) is 19.7. The Kier molecular flexibility index (Phi) is 13.3. The molecule has 0 saturated carbocycles. The van der Waals surface area contributed by atoms with Gasteiger partial charge in [-0.1, -0.05) is 108 Å². The molecule has 0 bridgehead atoms. The van der Waals surface area contributed by atoms with Crippen molar-refractivity contribution in [3.63, 3.8) is 0 Å². The van der Waals surface area contributed by atoms with Gasteiger partial charge in [-0.05, 0) is 53.0 Å². The van der Waals surface area contributed by atoms with Crippen molar-refractivity contribution in [2.24, 2.45) is 0 Å². The molecule has 50 heavy (non-hydrogen) atoms. The van der Waals surface area contributed by atoms with E-state index in [0.29, 0.717) is 4.90 Å². The van der Waals surface area contributed by atoms with Crippen LogP contribution in [0, 0.1) is 0 Å². The van der Waals surface area contributed by atoms with Crippen LogP contribution in [-0.2, 0) is 23.4 Å². The largest absolute Gasteiger partial charge is 0.471 e. The zero-order valence-electron chi connectivity index (χ0n) is 28.9. The standard InChI is InChI=1S/C37H44F3NO7SSi/c1-23(2)50(24(3)4,25(5)6)45-22-29-31(47-33(42)26-16-10-7-11-17-26)32(48-34(43)27-18-12-8-13-19-27)30(41-36(44)37(38,39)40)35(46-29)49-28-20-14-9-15-21-28/h7-21,23-25,29-32,35H,22H2,1-6H3,(H,41,44)/t29-,30-,31-,32-,35+/m1/s1. The Morgan fingerprint density at radius 1 is 0.740 bits per heavy atom. The minimum absolute atomic E-state index is 0.110. The van der Waals surface area contributed by atoms with E-state index in [2.05, 4.69) is 41.5 Å². The third-order valence-corrected chi connectivity index (χ3v) is 16.2. The molecule has 1 aliphatic heterocycles. The Morgan fingerprint density at radius 2 is 1.18 bits per heavy atom. The van der Waals surface area contributed by atoms with Crippen molar-refractivity contribution in [3.05, 3.63) is 102 Å². The molecule has 1 saturated heterocycles. The number of benzene rings is 3. The van der Waals surface area contributed by atoms with Gasteiger partial charge in [0.2, 0.25) is 0 Å². The van der Waals surface area contributed by atoms with Crippen molar-refractivity contribution >= 4 is 37.9 Å². The van der Waals surface area contributed by atoms with Crippen molar-refractivity contribution in [2.45, 2.75) is 99.0 Å². The van der Waals surface area contributed by atoms with E-state index < -0.39 is 62.1 Å². The molecule has 1 fully saturated rings. The van der Waals surface area contributed by atoms with Crippen molar-refractivity contribution in [1.82, 2.24) is 5.32 Å². The summed E-state index contributed by atoms with van der Waals surface area (Å²) in [5.74, 6) is -3.97. The maximum atomic E-state index is 13.8. The number of carbonyl (C=O) groups is 3. The number of carbonyl (C=O) groups excluding carboxylic acids is 3. The van der Waals surface area contributed by atoms with E-state index >= 15 is 0 Å². The van der Waals surface area contributed by atoms with Crippen LogP contribution in [0.25, 0.3) is 0 Å². The molecular weight excluding hydrogens is 688 g/mol. The van der Waals surface area contributed by atoms with Crippen LogP contribution >= 0.6 is 11.8 Å². The second-order valence-electron chi connectivity index (χ2n) is 13.1. The van der Waals surface area contributed by atoms with Gasteiger partial charge in [-0.15, -0.1) is 0 Å². The fourth-order valence-corrected chi connectivity index (χ4v) is 13.3. The smallest absolute Gasteiger partial charge is 0.452 e. The minimum atomic E-state index is -5.27. The van der Waals surface area contributed by atoms with Gasteiger partial charge in [0.1, 0.15) is 17.6 Å². The van der Waals surface area contributed by atoms with Crippen LogP contribution in [0.3, 0.4) is 0 Å². The van der Waals surface area contributed by atoms with Crippen LogP contribution in [0.2, 0.25) is 16.6 Å². The van der Waals surface area contributed by atoms with E-state index in [-0.39, 0.29) is 34.4 Å². The molecule has 3 aromatic carbocycles. The Labute approximate surface area is 296 Å². The molecule has 0 unspecified atom stereocenters. The fourth-order valence-electron chi connectivity index (χ4n) is 6.70. The molecule has 0 radical (unpaired) electrons. The lowest BCUT2D eigenvalue weighted by Gasteiger charge is -2.48. The third-order valence-electron chi connectivity index (χ3n) is 8.91. The molecule has 13 heteroatoms. The molecule has 1 aliphatic rings. The lowest BCUT2D eigenvalue weighted by atomic mass is 9.97. The quantitative estimate of drug-likeness (QED) is 0.139. The van der Waals surface area contributed by atoms with Crippen LogP contribution in [0.5, 0.6) is 0 Å². The Balaban J connectivity index is 1.86. The first-order chi connectivity index (χ1) is 23.6. The van der Waals surface area contributed by atoms with E-state index in [9.17, 15) is 27.6 Å². The van der Waals surface area contributed by atoms with Gasteiger partial charge in [0.15, 0.2) is 20.5 Å². The zero-order valence-corrected chi connectivity index (χ0v) is 30.7. The summed E-state index contributed by atoms with van der Waals surface area (Å²) >= 11 is 1.04. The summed E-state index contributed by atoms with van der Waals surface area (Å²) in [7, 11) is -2.57. The first kappa shape index (κ1) is 39.1. The lowest BCUT2D eigenvalue weighted by Crippen LogP contribution is -2.67. The van der Waals surface area contributed by atoms with Gasteiger partial charge >= 0.3 is 24.0 Å². The van der Waals surface area contributed by atoms with E-state index in [0.717, 1.165) is 11.8 Å². The highest BCUT2D eigenvalue weighted by atomic mass is 32.2. The predicted molar refractivity (Wildman–Crippen MR) is 187 cm³/mol. The summed E-state index contributed by atoms with van der Waals surface area (Å²) in [6.45, 7) is 12.5. The van der Waals surface area contributed by atoms with E-state index in [4.69, 9.17) is 18.6 Å². The Bertz CT molecular complexity index is 1540. The maximum absolute atomic E-state index is 13.8. The summed E-state index contributed by atoms with van der Waals surface area (Å²) in [5, 5.41) is 2.02. The molecule has 3 aromatic rings. The maximum Gasteiger partial charge on any atom is 0.471 e. The van der Waals surface area contributed by atoms with E-state index in [1.807, 2.05) is 5.32 Å². The monoisotopic (exact) mass is 731 g/mol. The summed E-state index contributed by atoms with van der Waals surface area (Å²) < 4.78 is 66.9. The number of alkyl halides is 3. The van der Waals surface area contributed by atoms with Crippen LogP contribution in [0.1, 0.15) is 62.3 Å². The molecule has 0 aliphatic carbocycles. The number of thioether (sulfide) groups is 1. The van der Waals surface area contributed by atoms with Gasteiger partial charge in [-0.2, -0.15) is 13.2 Å². The number of nitrogens with one attached hydrogen (secondary N) is 1. The lowest BCUT2D eigenvalue weighted by molar-refractivity contribution is -0.190. The molecule has 270 valence electrons. The molecular formula is C37H44F3NO7SSi. The topological polar surface area (TPSA) is 100 Å². The summed E-state index contributed by atoms with van der Waals surface area (Å²) in [6.07, 6.45) is -9.50. The van der Waals surface area contributed by atoms with Gasteiger partial charge < -0.3 is 24.0 Å². The molecule has 0 spiro atoms. The minimum Gasteiger partial charge on any atom is -0.452 e. The number of halogens is 3. The van der Waals surface area contributed by atoms with Gasteiger partial charge in [-0.25, -0.2) is 9.59 Å². The number of amides is 1. The van der Waals surface area contributed by atoms with Gasteiger partial charge in [-0.3, -0.25) is 4.79 Å². The predicted octanol–water partition coefficient (Wildman–Crippen LogP) is 8.19. The number of hydrogen-bond acceptors (Lipinski definition) is 8. The van der Waals surface area contributed by atoms with Crippen molar-refractivity contribution in [1.29, 1.82) is 0 Å². The number of ether oxygens (including phenoxy) is 3. The summed E-state index contributed by atoms with van der Waals surface area (Å²) in [6, 6.07) is 23.0. The molecule has 0 aromatic heterocycles. The van der Waals surface area contributed by atoms with Crippen LogP contribution in [0.4, 0.5) is 13.2 Å². The van der Waals surface area contributed by atoms with Crippen LogP contribution < -0.4 is 5.32 Å². The van der Waals surface area contributed by atoms with Gasteiger partial charge in [0.05, 0.1) is 17.7 Å². The summed E-state index contributed by atoms with van der Waals surface area (Å²) in [4.78, 5) is 40.4. The first-order valence-corrected chi connectivity index (χ1v) is 19.6. The Hall–Kier alpha value is -3.65. The average Bonchev–Trinajstić information content (AvgIpc) is 3.08. The normalized spacial score (nSPS) is 21.2. The van der Waals surface area contributed by atoms with Crippen LogP contribution in [-0.4, -0.2) is 68.7 Å². The second kappa shape index (κ2) is 17.0. The molecule has 8 nitrogen and oxygen atoms in total. The van der Waals surface area contributed by atoms with Gasteiger partial charge in [0.25, 0.3) is 0 Å².